The first kappa shape index (κ1) is 18.8. The summed E-state index contributed by atoms with van der Waals surface area (Å²) in [7, 11) is -2.33. The highest BCUT2D eigenvalue weighted by Gasteiger charge is 2.14. The third kappa shape index (κ3) is 5.04. The van der Waals surface area contributed by atoms with Crippen molar-refractivity contribution in [2.45, 2.75) is 6.16 Å². The molecule has 27 heavy (non-hydrogen) atoms. The van der Waals surface area contributed by atoms with Gasteiger partial charge in [0.15, 0.2) is 5.76 Å². The zero-order valence-electron chi connectivity index (χ0n) is 14.4. The van der Waals surface area contributed by atoms with Crippen molar-refractivity contribution in [2.75, 3.05) is 5.32 Å². The Balaban J connectivity index is 1.67. The maximum atomic E-state index is 12.1. The number of nitrogens with zero attached hydrogens (tertiary/aromatic N) is 2. The van der Waals surface area contributed by atoms with Gasteiger partial charge >= 0.3 is 7.60 Å². The summed E-state index contributed by atoms with van der Waals surface area (Å²) in [6, 6.07) is 9.90. The number of carbonyl (C=O) groups excluding carboxylic acids is 1. The minimum atomic E-state index is -4.11. The van der Waals surface area contributed by atoms with Gasteiger partial charge in [0.2, 0.25) is 5.91 Å². The molecule has 0 fully saturated rings. The molecule has 0 aliphatic carbocycles. The van der Waals surface area contributed by atoms with Gasteiger partial charge in [0.25, 0.3) is 0 Å². The Hall–Kier alpha value is -2.93. The van der Waals surface area contributed by atoms with Crippen LogP contribution >= 0.6 is 7.60 Å². The lowest BCUT2D eigenvalue weighted by molar-refractivity contribution is -0.111. The van der Waals surface area contributed by atoms with E-state index in [1.165, 1.54) is 6.08 Å². The summed E-state index contributed by atoms with van der Waals surface area (Å²) in [6.07, 6.45) is 5.89. The van der Waals surface area contributed by atoms with Gasteiger partial charge in [-0.25, -0.2) is 0 Å². The van der Waals surface area contributed by atoms with Gasteiger partial charge < -0.3 is 19.5 Å². The summed E-state index contributed by atoms with van der Waals surface area (Å²) in [5, 5.41) is 6.88. The monoisotopic (exact) mass is 387 g/mol. The van der Waals surface area contributed by atoms with Crippen LogP contribution in [0.3, 0.4) is 0 Å². The molecule has 3 aromatic rings. The molecule has 0 aliphatic rings. The second-order valence-electron chi connectivity index (χ2n) is 5.89. The smallest absolute Gasteiger partial charge is 0.329 e. The SMILES string of the molecule is Cn1ncc(C=CC(=O)Nc2ccc(CP(=O)(O)O)cc2)c1-c1ccco1. The van der Waals surface area contributed by atoms with E-state index in [1.807, 2.05) is 6.07 Å². The number of anilines is 1. The van der Waals surface area contributed by atoms with E-state index < -0.39 is 7.60 Å². The molecule has 0 aliphatic heterocycles. The van der Waals surface area contributed by atoms with Crippen molar-refractivity contribution in [1.29, 1.82) is 0 Å². The van der Waals surface area contributed by atoms with Crippen LogP contribution in [0.4, 0.5) is 5.69 Å². The number of aryl methyl sites for hydroxylation is 1. The fraction of sp³-hybridized carbons (Fsp3) is 0.111. The van der Waals surface area contributed by atoms with Crippen LogP contribution < -0.4 is 5.32 Å². The maximum absolute atomic E-state index is 12.1. The second-order valence-corrected chi connectivity index (χ2v) is 7.54. The molecule has 0 spiro atoms. The van der Waals surface area contributed by atoms with Gasteiger partial charge in [-0.3, -0.25) is 14.0 Å². The van der Waals surface area contributed by atoms with E-state index in [4.69, 9.17) is 14.2 Å². The highest BCUT2D eigenvalue weighted by atomic mass is 31.2. The summed E-state index contributed by atoms with van der Waals surface area (Å²) in [5.41, 5.74) is 2.51. The number of amides is 1. The largest absolute Gasteiger partial charge is 0.463 e. The fourth-order valence-corrected chi connectivity index (χ4v) is 3.26. The molecule has 0 radical (unpaired) electrons. The molecule has 0 bridgehead atoms. The standard InChI is InChI=1S/C18H18N3O5P/c1-21-18(16-3-2-10-26-16)14(11-19-21)6-9-17(22)20-15-7-4-13(5-8-15)12-27(23,24)25/h2-11H,12H2,1H3,(H,20,22)(H2,23,24,25). The van der Waals surface area contributed by atoms with E-state index in [0.29, 0.717) is 17.0 Å². The van der Waals surface area contributed by atoms with Crippen LogP contribution in [0, 0.1) is 0 Å². The van der Waals surface area contributed by atoms with E-state index in [9.17, 15) is 9.36 Å². The molecule has 0 saturated heterocycles. The lowest BCUT2D eigenvalue weighted by atomic mass is 10.2. The van der Waals surface area contributed by atoms with Crippen molar-refractivity contribution in [2.24, 2.45) is 7.05 Å². The number of hydrogen-bond acceptors (Lipinski definition) is 4. The van der Waals surface area contributed by atoms with E-state index in [-0.39, 0.29) is 12.1 Å². The molecule has 140 valence electrons. The minimum Gasteiger partial charge on any atom is -0.463 e. The van der Waals surface area contributed by atoms with Gasteiger partial charge in [-0.2, -0.15) is 5.10 Å². The minimum absolute atomic E-state index is 0.336. The molecule has 0 saturated carbocycles. The number of nitrogens with one attached hydrogen (secondary N) is 1. The summed E-state index contributed by atoms with van der Waals surface area (Å²) < 4.78 is 18.1. The van der Waals surface area contributed by atoms with Crippen LogP contribution in [0.15, 0.2) is 59.4 Å². The van der Waals surface area contributed by atoms with E-state index in [2.05, 4.69) is 10.4 Å². The average molecular weight is 387 g/mol. The van der Waals surface area contributed by atoms with Crippen molar-refractivity contribution in [3.8, 4) is 11.5 Å². The van der Waals surface area contributed by atoms with Crippen LogP contribution in [0.1, 0.15) is 11.1 Å². The van der Waals surface area contributed by atoms with Gasteiger partial charge in [0.1, 0.15) is 5.69 Å². The molecule has 0 unspecified atom stereocenters. The van der Waals surface area contributed by atoms with Crippen molar-refractivity contribution < 1.29 is 23.6 Å². The molecule has 1 amide bonds. The lowest BCUT2D eigenvalue weighted by Crippen LogP contribution is -2.07. The molecule has 3 rings (SSSR count). The van der Waals surface area contributed by atoms with Gasteiger partial charge in [-0.15, -0.1) is 0 Å². The number of hydrogen-bond donors (Lipinski definition) is 3. The molecule has 1 aromatic carbocycles. The van der Waals surface area contributed by atoms with Crippen LogP contribution in [-0.2, 0) is 22.6 Å². The van der Waals surface area contributed by atoms with Crippen molar-refractivity contribution in [1.82, 2.24) is 9.78 Å². The predicted octanol–water partition coefficient (Wildman–Crippen LogP) is 3.01. The highest BCUT2D eigenvalue weighted by Crippen LogP contribution is 2.39. The summed E-state index contributed by atoms with van der Waals surface area (Å²) in [4.78, 5) is 30.1. The Labute approximate surface area is 155 Å². The maximum Gasteiger partial charge on any atom is 0.329 e. The van der Waals surface area contributed by atoms with Crippen LogP contribution in [0.25, 0.3) is 17.5 Å². The van der Waals surface area contributed by atoms with E-state index >= 15 is 0 Å². The molecule has 2 aromatic heterocycles. The van der Waals surface area contributed by atoms with Gasteiger partial charge in [-0.05, 0) is 35.9 Å². The molecular weight excluding hydrogens is 369 g/mol. The van der Waals surface area contributed by atoms with Crippen molar-refractivity contribution in [3.63, 3.8) is 0 Å². The van der Waals surface area contributed by atoms with Crippen LogP contribution in [0.2, 0.25) is 0 Å². The molecule has 8 nitrogen and oxygen atoms in total. The first-order chi connectivity index (χ1) is 12.8. The number of rotatable bonds is 6. The first-order valence-corrected chi connectivity index (χ1v) is 9.80. The summed E-state index contributed by atoms with van der Waals surface area (Å²) in [6.45, 7) is 0. The third-order valence-electron chi connectivity index (χ3n) is 3.75. The second kappa shape index (κ2) is 7.75. The third-order valence-corrected chi connectivity index (χ3v) is 4.52. The summed E-state index contributed by atoms with van der Waals surface area (Å²) >= 11 is 0. The number of carbonyl (C=O) groups is 1. The Morgan fingerprint density at radius 1 is 1.30 bits per heavy atom. The summed E-state index contributed by atoms with van der Waals surface area (Å²) in [5.74, 6) is 0.308. The number of benzene rings is 1. The quantitative estimate of drug-likeness (QED) is 0.442. The fourth-order valence-electron chi connectivity index (χ4n) is 2.57. The van der Waals surface area contributed by atoms with Crippen LogP contribution in [-0.4, -0.2) is 25.5 Å². The van der Waals surface area contributed by atoms with Gasteiger partial charge in [-0.1, -0.05) is 12.1 Å². The first-order valence-electron chi connectivity index (χ1n) is 8.00. The Morgan fingerprint density at radius 2 is 2.04 bits per heavy atom. The van der Waals surface area contributed by atoms with Gasteiger partial charge in [0.05, 0.1) is 18.6 Å². The Kier molecular flexibility index (Phi) is 5.41. The van der Waals surface area contributed by atoms with Crippen LogP contribution in [0.5, 0.6) is 0 Å². The molecule has 0 atom stereocenters. The van der Waals surface area contributed by atoms with E-state index in [1.54, 1.807) is 60.6 Å². The normalized spacial score (nSPS) is 11.8. The van der Waals surface area contributed by atoms with Crippen molar-refractivity contribution >= 4 is 25.3 Å². The Bertz CT molecular complexity index is 1000. The topological polar surface area (TPSA) is 118 Å². The zero-order valence-corrected chi connectivity index (χ0v) is 15.3. The molecular formula is C18H18N3O5P. The Morgan fingerprint density at radius 3 is 2.67 bits per heavy atom. The molecule has 9 heteroatoms. The molecule has 3 N–H and O–H groups in total. The number of aromatic nitrogens is 2. The molecule has 2 heterocycles. The average Bonchev–Trinajstić information content (AvgIpc) is 3.23. The highest BCUT2D eigenvalue weighted by molar-refractivity contribution is 7.50. The van der Waals surface area contributed by atoms with Crippen molar-refractivity contribution in [3.05, 3.63) is 66.1 Å². The predicted molar refractivity (Wildman–Crippen MR) is 101 cm³/mol. The van der Waals surface area contributed by atoms with Gasteiger partial charge in [0, 0.05) is 24.4 Å². The zero-order chi connectivity index (χ0) is 19.4. The van der Waals surface area contributed by atoms with E-state index in [0.717, 1.165) is 11.3 Å². The lowest BCUT2D eigenvalue weighted by Gasteiger charge is -2.06. The number of furan rings is 1.